The second-order valence-corrected chi connectivity index (χ2v) is 3.69. The molecule has 0 aliphatic carbocycles. The monoisotopic (exact) mass is 212 g/mol. The molecule has 0 heterocycles. The lowest BCUT2D eigenvalue weighted by atomic mass is 9.93. The standard InChI is InChI=1S/C10H19F3O/c1-2-5-9(6-3-4-7-14)8-10(11,12)13/h9,14H,2-8H2,1H3. The van der Waals surface area contributed by atoms with Crippen molar-refractivity contribution in [3.63, 3.8) is 0 Å². The van der Waals surface area contributed by atoms with Crippen LogP contribution in [0.5, 0.6) is 0 Å². The zero-order chi connectivity index (χ0) is 11.0. The van der Waals surface area contributed by atoms with Gasteiger partial charge in [0.05, 0.1) is 0 Å². The van der Waals surface area contributed by atoms with E-state index in [9.17, 15) is 13.2 Å². The van der Waals surface area contributed by atoms with Crippen molar-refractivity contribution < 1.29 is 18.3 Å². The zero-order valence-corrected chi connectivity index (χ0v) is 8.61. The Bertz CT molecular complexity index is 134. The van der Waals surface area contributed by atoms with Gasteiger partial charge in [-0.1, -0.05) is 32.6 Å². The SMILES string of the molecule is CCCC(CCCCO)CC(F)(F)F. The topological polar surface area (TPSA) is 20.2 Å². The van der Waals surface area contributed by atoms with Gasteiger partial charge in [-0.15, -0.1) is 0 Å². The van der Waals surface area contributed by atoms with Gasteiger partial charge in [0.25, 0.3) is 0 Å². The molecule has 14 heavy (non-hydrogen) atoms. The van der Waals surface area contributed by atoms with Crippen molar-refractivity contribution in [3.05, 3.63) is 0 Å². The highest BCUT2D eigenvalue weighted by Crippen LogP contribution is 2.30. The average Bonchev–Trinajstić information content (AvgIpc) is 2.02. The largest absolute Gasteiger partial charge is 0.396 e. The third kappa shape index (κ3) is 8.35. The van der Waals surface area contributed by atoms with E-state index in [0.717, 1.165) is 6.42 Å². The number of unbranched alkanes of at least 4 members (excludes halogenated alkanes) is 1. The van der Waals surface area contributed by atoms with Crippen LogP contribution in [-0.4, -0.2) is 17.9 Å². The first-order chi connectivity index (χ1) is 6.49. The highest BCUT2D eigenvalue weighted by Gasteiger charge is 2.30. The molecule has 0 saturated carbocycles. The van der Waals surface area contributed by atoms with Crippen LogP contribution in [0.15, 0.2) is 0 Å². The molecule has 0 aromatic rings. The summed E-state index contributed by atoms with van der Waals surface area (Å²) in [6.07, 6.45) is -1.42. The third-order valence-corrected chi connectivity index (χ3v) is 2.24. The second-order valence-electron chi connectivity index (χ2n) is 3.69. The van der Waals surface area contributed by atoms with Crippen LogP contribution in [0.4, 0.5) is 13.2 Å². The van der Waals surface area contributed by atoms with Gasteiger partial charge in [-0.25, -0.2) is 0 Å². The summed E-state index contributed by atoms with van der Waals surface area (Å²) in [5, 5.41) is 8.52. The van der Waals surface area contributed by atoms with Gasteiger partial charge in [0.15, 0.2) is 0 Å². The van der Waals surface area contributed by atoms with Crippen molar-refractivity contribution in [2.24, 2.45) is 5.92 Å². The summed E-state index contributed by atoms with van der Waals surface area (Å²) in [6.45, 7) is 1.97. The first-order valence-corrected chi connectivity index (χ1v) is 5.17. The molecule has 0 amide bonds. The Kier molecular flexibility index (Phi) is 6.97. The average molecular weight is 212 g/mol. The summed E-state index contributed by atoms with van der Waals surface area (Å²) in [6, 6.07) is 0. The summed E-state index contributed by atoms with van der Waals surface area (Å²) in [5.41, 5.74) is 0. The summed E-state index contributed by atoms with van der Waals surface area (Å²) in [5.74, 6) is -0.258. The number of rotatable bonds is 7. The van der Waals surface area contributed by atoms with Crippen molar-refractivity contribution in [1.29, 1.82) is 0 Å². The van der Waals surface area contributed by atoms with E-state index in [-0.39, 0.29) is 12.5 Å². The van der Waals surface area contributed by atoms with Gasteiger partial charge in [-0.3, -0.25) is 0 Å². The van der Waals surface area contributed by atoms with E-state index in [2.05, 4.69) is 0 Å². The summed E-state index contributed by atoms with van der Waals surface area (Å²) in [7, 11) is 0. The molecule has 0 spiro atoms. The molecule has 0 saturated heterocycles. The molecule has 0 bridgehead atoms. The number of hydrogen-bond acceptors (Lipinski definition) is 1. The lowest BCUT2D eigenvalue weighted by Gasteiger charge is -2.17. The molecular formula is C10H19F3O. The molecule has 0 rings (SSSR count). The van der Waals surface area contributed by atoms with Crippen LogP contribution >= 0.6 is 0 Å². The fourth-order valence-electron chi connectivity index (χ4n) is 1.63. The van der Waals surface area contributed by atoms with Crippen molar-refractivity contribution in [2.45, 2.75) is 51.6 Å². The predicted molar refractivity (Wildman–Crippen MR) is 50.0 cm³/mol. The first kappa shape index (κ1) is 13.8. The Morgan fingerprint density at radius 3 is 2.21 bits per heavy atom. The van der Waals surface area contributed by atoms with E-state index in [1.54, 1.807) is 0 Å². The fraction of sp³-hybridized carbons (Fsp3) is 1.00. The molecule has 0 aliphatic rings. The molecule has 1 atom stereocenters. The van der Waals surface area contributed by atoms with Crippen LogP contribution in [0.2, 0.25) is 0 Å². The molecule has 1 unspecified atom stereocenters. The van der Waals surface area contributed by atoms with Crippen molar-refractivity contribution in [3.8, 4) is 0 Å². The van der Waals surface area contributed by atoms with Gasteiger partial charge < -0.3 is 5.11 Å². The van der Waals surface area contributed by atoms with E-state index in [0.29, 0.717) is 25.7 Å². The maximum Gasteiger partial charge on any atom is 0.389 e. The summed E-state index contributed by atoms with van der Waals surface area (Å²) < 4.78 is 36.3. The fourth-order valence-corrected chi connectivity index (χ4v) is 1.63. The Labute approximate surface area is 83.3 Å². The third-order valence-electron chi connectivity index (χ3n) is 2.24. The molecule has 0 radical (unpaired) electrons. The van der Waals surface area contributed by atoms with E-state index in [1.165, 1.54) is 0 Å². The van der Waals surface area contributed by atoms with Crippen LogP contribution in [0.3, 0.4) is 0 Å². The van der Waals surface area contributed by atoms with Gasteiger partial charge >= 0.3 is 6.18 Å². The first-order valence-electron chi connectivity index (χ1n) is 5.17. The van der Waals surface area contributed by atoms with Crippen molar-refractivity contribution >= 4 is 0 Å². The van der Waals surface area contributed by atoms with E-state index < -0.39 is 12.6 Å². The van der Waals surface area contributed by atoms with Crippen molar-refractivity contribution in [2.75, 3.05) is 6.61 Å². The van der Waals surface area contributed by atoms with Gasteiger partial charge in [-0.2, -0.15) is 13.2 Å². The molecule has 1 N–H and O–H groups in total. The number of halogens is 3. The van der Waals surface area contributed by atoms with E-state index in [4.69, 9.17) is 5.11 Å². The molecule has 1 nitrogen and oxygen atoms in total. The number of aliphatic hydroxyl groups is 1. The molecule has 4 heteroatoms. The Hall–Kier alpha value is -0.250. The predicted octanol–water partition coefficient (Wildman–Crippen LogP) is 3.52. The highest BCUT2D eigenvalue weighted by atomic mass is 19.4. The second kappa shape index (κ2) is 7.10. The van der Waals surface area contributed by atoms with Crippen LogP contribution < -0.4 is 0 Å². The molecule has 0 aromatic heterocycles. The molecular weight excluding hydrogens is 193 g/mol. The zero-order valence-electron chi connectivity index (χ0n) is 8.61. The number of aliphatic hydroxyl groups excluding tert-OH is 1. The Morgan fingerprint density at radius 2 is 1.79 bits per heavy atom. The highest BCUT2D eigenvalue weighted by molar-refractivity contribution is 4.64. The smallest absolute Gasteiger partial charge is 0.389 e. The van der Waals surface area contributed by atoms with Crippen molar-refractivity contribution in [1.82, 2.24) is 0 Å². The minimum atomic E-state index is -4.04. The Morgan fingerprint density at radius 1 is 1.14 bits per heavy atom. The minimum Gasteiger partial charge on any atom is -0.396 e. The molecule has 0 aliphatic heterocycles. The van der Waals surface area contributed by atoms with Gasteiger partial charge in [-0.05, 0) is 12.3 Å². The van der Waals surface area contributed by atoms with Gasteiger partial charge in [0.1, 0.15) is 0 Å². The van der Waals surface area contributed by atoms with Crippen LogP contribution in [-0.2, 0) is 0 Å². The Balaban J connectivity index is 3.77. The maximum absolute atomic E-state index is 12.1. The quantitative estimate of drug-likeness (QED) is 0.640. The normalized spacial score (nSPS) is 14.4. The van der Waals surface area contributed by atoms with Crippen LogP contribution in [0, 0.1) is 5.92 Å². The van der Waals surface area contributed by atoms with E-state index in [1.807, 2.05) is 6.92 Å². The number of hydrogen-bond donors (Lipinski definition) is 1. The van der Waals surface area contributed by atoms with E-state index >= 15 is 0 Å². The molecule has 0 fully saturated rings. The lowest BCUT2D eigenvalue weighted by molar-refractivity contribution is -0.145. The summed E-state index contributed by atoms with van der Waals surface area (Å²) >= 11 is 0. The summed E-state index contributed by atoms with van der Waals surface area (Å²) in [4.78, 5) is 0. The van der Waals surface area contributed by atoms with Crippen LogP contribution in [0.1, 0.15) is 45.4 Å². The molecule has 0 aromatic carbocycles. The lowest BCUT2D eigenvalue weighted by Crippen LogP contribution is -2.15. The molecule has 86 valence electrons. The number of alkyl halides is 3. The van der Waals surface area contributed by atoms with Crippen LogP contribution in [0.25, 0.3) is 0 Å². The van der Waals surface area contributed by atoms with Gasteiger partial charge in [0.2, 0.25) is 0 Å². The minimum absolute atomic E-state index is 0.0743. The van der Waals surface area contributed by atoms with Gasteiger partial charge in [0, 0.05) is 13.0 Å². The maximum atomic E-state index is 12.1.